The summed E-state index contributed by atoms with van der Waals surface area (Å²) in [5.74, 6) is -0.486. The van der Waals surface area contributed by atoms with Gasteiger partial charge in [-0.2, -0.15) is 0 Å². The van der Waals surface area contributed by atoms with E-state index >= 15 is 0 Å². The molecule has 90 valence electrons. The van der Waals surface area contributed by atoms with Crippen molar-refractivity contribution in [2.24, 2.45) is 0 Å². The van der Waals surface area contributed by atoms with E-state index < -0.39 is 6.04 Å². The summed E-state index contributed by atoms with van der Waals surface area (Å²) >= 11 is 0. The third kappa shape index (κ3) is 2.99. The monoisotopic (exact) mass is 234 g/mol. The van der Waals surface area contributed by atoms with Crippen molar-refractivity contribution in [1.82, 2.24) is 20.6 Å². The molecule has 6 heteroatoms. The van der Waals surface area contributed by atoms with Gasteiger partial charge in [0.2, 0.25) is 5.91 Å². The van der Waals surface area contributed by atoms with Crippen molar-refractivity contribution in [3.8, 4) is 0 Å². The highest BCUT2D eigenvalue weighted by atomic mass is 16.2. The molecule has 1 saturated heterocycles. The fourth-order valence-electron chi connectivity index (χ4n) is 1.73. The molecule has 2 N–H and O–H groups in total. The maximum Gasteiger partial charge on any atom is 0.272 e. The van der Waals surface area contributed by atoms with Crippen LogP contribution in [0.1, 0.15) is 29.8 Å². The Hall–Kier alpha value is -1.98. The van der Waals surface area contributed by atoms with Crippen molar-refractivity contribution in [3.05, 3.63) is 24.3 Å². The molecule has 2 heterocycles. The van der Waals surface area contributed by atoms with Crippen LogP contribution in [0.15, 0.2) is 18.6 Å². The molecule has 1 aromatic heterocycles. The minimum absolute atomic E-state index is 0.125. The Morgan fingerprint density at radius 1 is 1.41 bits per heavy atom. The smallest absolute Gasteiger partial charge is 0.272 e. The Labute approximate surface area is 98.8 Å². The predicted octanol–water partition coefficient (Wildman–Crippen LogP) is -0.125. The lowest BCUT2D eigenvalue weighted by Crippen LogP contribution is -2.45. The van der Waals surface area contributed by atoms with Crippen molar-refractivity contribution in [1.29, 1.82) is 0 Å². The van der Waals surface area contributed by atoms with Crippen LogP contribution in [-0.2, 0) is 4.79 Å². The van der Waals surface area contributed by atoms with Gasteiger partial charge in [-0.05, 0) is 19.3 Å². The summed E-state index contributed by atoms with van der Waals surface area (Å²) in [7, 11) is 0. The normalized spacial score (nSPS) is 20.2. The van der Waals surface area contributed by atoms with Crippen molar-refractivity contribution in [2.45, 2.75) is 25.3 Å². The minimum atomic E-state index is -0.466. The highest BCUT2D eigenvalue weighted by Gasteiger charge is 2.23. The number of carbonyl (C=O) groups is 2. The standard InChI is InChI=1S/C11H14N4O2/c16-10-8(3-1-2-4-14-10)15-11(17)9-7-12-5-6-13-9/h5-8H,1-4H2,(H,14,16)(H,15,17). The van der Waals surface area contributed by atoms with E-state index in [0.29, 0.717) is 13.0 Å². The van der Waals surface area contributed by atoms with Crippen LogP contribution in [0.4, 0.5) is 0 Å². The first-order chi connectivity index (χ1) is 8.27. The zero-order chi connectivity index (χ0) is 12.1. The summed E-state index contributed by atoms with van der Waals surface area (Å²) in [6.45, 7) is 0.677. The molecule has 0 radical (unpaired) electrons. The van der Waals surface area contributed by atoms with E-state index in [1.807, 2.05) is 0 Å². The molecule has 1 fully saturated rings. The first kappa shape index (κ1) is 11.5. The summed E-state index contributed by atoms with van der Waals surface area (Å²) in [6, 6.07) is -0.466. The van der Waals surface area contributed by atoms with Crippen LogP contribution < -0.4 is 10.6 Å². The molecule has 2 rings (SSSR count). The summed E-state index contributed by atoms with van der Waals surface area (Å²) < 4.78 is 0. The molecule has 1 unspecified atom stereocenters. The van der Waals surface area contributed by atoms with Gasteiger partial charge in [-0.1, -0.05) is 0 Å². The van der Waals surface area contributed by atoms with Gasteiger partial charge in [0.25, 0.3) is 5.91 Å². The van der Waals surface area contributed by atoms with Gasteiger partial charge in [-0.25, -0.2) is 4.98 Å². The average Bonchev–Trinajstić information content (AvgIpc) is 2.56. The Bertz CT molecular complexity index is 407. The van der Waals surface area contributed by atoms with Crippen molar-refractivity contribution >= 4 is 11.8 Å². The van der Waals surface area contributed by atoms with Gasteiger partial charge in [0.05, 0.1) is 6.20 Å². The minimum Gasteiger partial charge on any atom is -0.354 e. The van der Waals surface area contributed by atoms with Gasteiger partial charge in [0, 0.05) is 18.9 Å². The number of nitrogens with one attached hydrogen (secondary N) is 2. The van der Waals surface area contributed by atoms with Crippen LogP contribution in [-0.4, -0.2) is 34.4 Å². The fraction of sp³-hybridized carbons (Fsp3) is 0.455. The maximum atomic E-state index is 11.8. The number of hydrogen-bond donors (Lipinski definition) is 2. The quantitative estimate of drug-likeness (QED) is 0.747. The van der Waals surface area contributed by atoms with Crippen LogP contribution in [0.3, 0.4) is 0 Å². The number of hydrogen-bond acceptors (Lipinski definition) is 4. The SMILES string of the molecule is O=C(NC1CCCCNC1=O)c1cnccn1. The fourth-order valence-corrected chi connectivity index (χ4v) is 1.73. The van der Waals surface area contributed by atoms with Crippen molar-refractivity contribution in [3.63, 3.8) is 0 Å². The molecule has 1 aromatic rings. The van der Waals surface area contributed by atoms with Crippen molar-refractivity contribution < 1.29 is 9.59 Å². The van der Waals surface area contributed by atoms with Gasteiger partial charge in [-0.15, -0.1) is 0 Å². The maximum absolute atomic E-state index is 11.8. The van der Waals surface area contributed by atoms with E-state index in [1.54, 1.807) is 0 Å². The number of aromatic nitrogens is 2. The second kappa shape index (κ2) is 5.38. The molecule has 6 nitrogen and oxygen atoms in total. The Kier molecular flexibility index (Phi) is 3.64. The average molecular weight is 234 g/mol. The molecule has 1 atom stereocenters. The highest BCUT2D eigenvalue weighted by molar-refractivity contribution is 5.95. The molecule has 1 aliphatic heterocycles. The van der Waals surface area contributed by atoms with E-state index in [4.69, 9.17) is 0 Å². The Morgan fingerprint density at radius 2 is 2.29 bits per heavy atom. The zero-order valence-electron chi connectivity index (χ0n) is 9.35. The van der Waals surface area contributed by atoms with E-state index in [2.05, 4.69) is 20.6 Å². The van der Waals surface area contributed by atoms with Gasteiger partial charge in [-0.3, -0.25) is 14.6 Å². The van der Waals surface area contributed by atoms with Gasteiger partial charge in [0.1, 0.15) is 11.7 Å². The molecular weight excluding hydrogens is 220 g/mol. The number of amides is 2. The lowest BCUT2D eigenvalue weighted by molar-refractivity contribution is -0.122. The van der Waals surface area contributed by atoms with Crippen LogP contribution in [0.2, 0.25) is 0 Å². The second-order valence-electron chi connectivity index (χ2n) is 3.90. The lowest BCUT2D eigenvalue weighted by Gasteiger charge is -2.14. The molecule has 0 spiro atoms. The van der Waals surface area contributed by atoms with Crippen LogP contribution >= 0.6 is 0 Å². The first-order valence-electron chi connectivity index (χ1n) is 5.62. The summed E-state index contributed by atoms with van der Waals surface area (Å²) in [6.07, 6.45) is 6.85. The van der Waals surface area contributed by atoms with E-state index in [1.165, 1.54) is 18.6 Å². The van der Waals surface area contributed by atoms with Crippen LogP contribution in [0.25, 0.3) is 0 Å². The van der Waals surface area contributed by atoms with Crippen molar-refractivity contribution in [2.75, 3.05) is 6.54 Å². The molecular formula is C11H14N4O2. The third-order valence-electron chi connectivity index (χ3n) is 2.64. The van der Waals surface area contributed by atoms with Crippen LogP contribution in [0, 0.1) is 0 Å². The third-order valence-corrected chi connectivity index (χ3v) is 2.64. The predicted molar refractivity (Wildman–Crippen MR) is 60.1 cm³/mol. The molecule has 17 heavy (non-hydrogen) atoms. The first-order valence-corrected chi connectivity index (χ1v) is 5.62. The lowest BCUT2D eigenvalue weighted by atomic mass is 10.1. The van der Waals surface area contributed by atoms with Crippen LogP contribution in [0.5, 0.6) is 0 Å². The number of nitrogens with zero attached hydrogens (tertiary/aromatic N) is 2. The topological polar surface area (TPSA) is 84.0 Å². The highest BCUT2D eigenvalue weighted by Crippen LogP contribution is 2.06. The summed E-state index contributed by atoms with van der Waals surface area (Å²) in [5.41, 5.74) is 0.226. The number of carbonyl (C=O) groups excluding carboxylic acids is 2. The molecule has 1 aliphatic rings. The Morgan fingerprint density at radius 3 is 3.06 bits per heavy atom. The number of rotatable bonds is 2. The largest absolute Gasteiger partial charge is 0.354 e. The molecule has 0 aliphatic carbocycles. The summed E-state index contributed by atoms with van der Waals surface area (Å²) in [4.78, 5) is 31.1. The molecule has 0 aromatic carbocycles. The van der Waals surface area contributed by atoms with Gasteiger partial charge < -0.3 is 10.6 Å². The summed E-state index contributed by atoms with van der Waals surface area (Å²) in [5, 5.41) is 5.43. The van der Waals surface area contributed by atoms with Gasteiger partial charge in [0.15, 0.2) is 0 Å². The Balaban J connectivity index is 2.00. The molecule has 0 saturated carbocycles. The van der Waals surface area contributed by atoms with E-state index in [-0.39, 0.29) is 17.5 Å². The molecule has 0 bridgehead atoms. The van der Waals surface area contributed by atoms with E-state index in [9.17, 15) is 9.59 Å². The van der Waals surface area contributed by atoms with E-state index in [0.717, 1.165) is 12.8 Å². The zero-order valence-corrected chi connectivity index (χ0v) is 9.35. The van der Waals surface area contributed by atoms with Gasteiger partial charge >= 0.3 is 0 Å². The second-order valence-corrected chi connectivity index (χ2v) is 3.90. The molecule has 2 amide bonds.